The van der Waals surface area contributed by atoms with Crippen LogP contribution in [0.1, 0.15) is 52.4 Å². The summed E-state index contributed by atoms with van der Waals surface area (Å²) in [5, 5.41) is 4.95. The summed E-state index contributed by atoms with van der Waals surface area (Å²) in [5.74, 6) is 2.60. The molecule has 0 radical (unpaired) electrons. The van der Waals surface area contributed by atoms with Crippen molar-refractivity contribution in [2.24, 2.45) is 0 Å². The van der Waals surface area contributed by atoms with Crippen LogP contribution >= 0.6 is 11.8 Å². The van der Waals surface area contributed by atoms with Gasteiger partial charge in [-0.1, -0.05) is 0 Å². The first kappa shape index (κ1) is 23.4. The standard InChI is InChI=1S/C25H33FN6OS/c1-15(2)30-8-6-18(7-9-30)34-23-12-19-22(13-20(23)26)33-11-10-31-14-21(28-24(19)31)25-27-17(5)29-32(25)16(3)4/h12-16,18H,6-11H2,1-5H3. The average molecular weight is 485 g/mol. The van der Waals surface area contributed by atoms with Crippen molar-refractivity contribution < 1.29 is 9.13 Å². The van der Waals surface area contributed by atoms with Crippen molar-refractivity contribution in [3.05, 3.63) is 30.0 Å². The van der Waals surface area contributed by atoms with E-state index >= 15 is 4.39 Å². The Morgan fingerprint density at radius 3 is 2.50 bits per heavy atom. The number of benzene rings is 1. The predicted molar refractivity (Wildman–Crippen MR) is 133 cm³/mol. The summed E-state index contributed by atoms with van der Waals surface area (Å²) in [6.07, 6.45) is 4.14. The Balaban J connectivity index is 1.47. The van der Waals surface area contributed by atoms with Crippen molar-refractivity contribution in [3.63, 3.8) is 0 Å². The van der Waals surface area contributed by atoms with Crippen LogP contribution in [0, 0.1) is 12.7 Å². The van der Waals surface area contributed by atoms with Crippen LogP contribution in [0.15, 0.2) is 23.2 Å². The van der Waals surface area contributed by atoms with E-state index in [0.717, 1.165) is 54.7 Å². The molecule has 0 unspecified atom stereocenters. The minimum Gasteiger partial charge on any atom is -0.491 e. The number of thioether (sulfide) groups is 1. The molecule has 2 aliphatic rings. The number of aryl methyl sites for hydroxylation is 1. The fourth-order valence-corrected chi connectivity index (χ4v) is 5.90. The minimum atomic E-state index is -0.217. The number of fused-ring (bicyclic) bond motifs is 3. The highest BCUT2D eigenvalue weighted by molar-refractivity contribution is 8.00. The maximum atomic E-state index is 15.1. The lowest BCUT2D eigenvalue weighted by molar-refractivity contribution is 0.188. The van der Waals surface area contributed by atoms with E-state index in [-0.39, 0.29) is 11.9 Å². The van der Waals surface area contributed by atoms with E-state index < -0.39 is 0 Å². The monoisotopic (exact) mass is 484 g/mol. The topological polar surface area (TPSA) is 61.0 Å². The molecule has 0 spiro atoms. The Labute approximate surface area is 204 Å². The summed E-state index contributed by atoms with van der Waals surface area (Å²) in [4.78, 5) is 12.7. The molecule has 0 bridgehead atoms. The number of hydrogen-bond donors (Lipinski definition) is 0. The van der Waals surface area contributed by atoms with E-state index in [4.69, 9.17) is 9.72 Å². The van der Waals surface area contributed by atoms with Gasteiger partial charge in [-0.15, -0.1) is 11.8 Å². The number of piperidine rings is 1. The average Bonchev–Trinajstić information content (AvgIpc) is 3.35. The molecule has 34 heavy (non-hydrogen) atoms. The number of rotatable bonds is 5. The summed E-state index contributed by atoms with van der Waals surface area (Å²) in [5.41, 5.74) is 1.61. The molecule has 9 heteroatoms. The van der Waals surface area contributed by atoms with Gasteiger partial charge in [0.25, 0.3) is 0 Å². The molecule has 1 aromatic carbocycles. The third-order valence-electron chi connectivity index (χ3n) is 6.60. The molecular formula is C25H33FN6OS. The van der Waals surface area contributed by atoms with E-state index in [2.05, 4.69) is 47.2 Å². The van der Waals surface area contributed by atoms with Gasteiger partial charge in [-0.05, 0) is 66.6 Å². The van der Waals surface area contributed by atoms with Crippen LogP contribution in [-0.2, 0) is 6.54 Å². The third-order valence-corrected chi connectivity index (χ3v) is 7.97. The van der Waals surface area contributed by atoms with Crippen LogP contribution in [0.5, 0.6) is 5.75 Å². The Hall–Kier alpha value is -2.39. The number of likely N-dealkylation sites (tertiary alicyclic amines) is 1. The Bertz CT molecular complexity index is 1180. The summed E-state index contributed by atoms with van der Waals surface area (Å²) in [6.45, 7) is 13.8. The third kappa shape index (κ3) is 4.47. The second-order valence-electron chi connectivity index (χ2n) is 9.74. The largest absolute Gasteiger partial charge is 0.491 e. The van der Waals surface area contributed by atoms with Gasteiger partial charge in [-0.3, -0.25) is 0 Å². The van der Waals surface area contributed by atoms with E-state index in [1.165, 1.54) is 6.07 Å². The maximum Gasteiger partial charge on any atom is 0.178 e. The highest BCUT2D eigenvalue weighted by atomic mass is 32.2. The first-order chi connectivity index (χ1) is 16.3. The predicted octanol–water partition coefficient (Wildman–Crippen LogP) is 5.19. The molecule has 2 aliphatic heterocycles. The second kappa shape index (κ2) is 9.34. The van der Waals surface area contributed by atoms with Gasteiger partial charge in [-0.25, -0.2) is 19.0 Å². The van der Waals surface area contributed by atoms with Crippen LogP contribution in [0.2, 0.25) is 0 Å². The zero-order valence-corrected chi connectivity index (χ0v) is 21.4. The van der Waals surface area contributed by atoms with Gasteiger partial charge in [0, 0.05) is 34.5 Å². The van der Waals surface area contributed by atoms with E-state index in [1.54, 1.807) is 11.8 Å². The van der Waals surface area contributed by atoms with E-state index in [9.17, 15) is 0 Å². The first-order valence-electron chi connectivity index (χ1n) is 12.2. The SMILES string of the molecule is Cc1nc(-c2cn3c(n2)-c2cc(SC4CCN(C(C)C)CC4)c(F)cc2OCC3)n(C(C)C)n1. The summed E-state index contributed by atoms with van der Waals surface area (Å²) < 4.78 is 25.0. The van der Waals surface area contributed by atoms with Gasteiger partial charge in [0.1, 0.15) is 35.5 Å². The lowest BCUT2D eigenvalue weighted by Gasteiger charge is -2.34. The molecule has 3 aromatic rings. The molecule has 1 fully saturated rings. The Kier molecular flexibility index (Phi) is 6.41. The molecule has 0 amide bonds. The second-order valence-corrected chi connectivity index (χ2v) is 11.1. The van der Waals surface area contributed by atoms with Crippen LogP contribution in [0.3, 0.4) is 0 Å². The van der Waals surface area contributed by atoms with E-state index in [0.29, 0.717) is 35.1 Å². The summed E-state index contributed by atoms with van der Waals surface area (Å²) >= 11 is 1.65. The fraction of sp³-hybridized carbons (Fsp3) is 0.560. The number of halogens is 1. The number of aromatic nitrogens is 5. The summed E-state index contributed by atoms with van der Waals surface area (Å²) in [7, 11) is 0. The van der Waals surface area contributed by atoms with Crippen molar-refractivity contribution in [1.82, 2.24) is 29.2 Å². The van der Waals surface area contributed by atoms with Crippen molar-refractivity contribution in [3.8, 4) is 28.7 Å². The zero-order chi connectivity index (χ0) is 24.0. The van der Waals surface area contributed by atoms with Crippen LogP contribution < -0.4 is 4.74 Å². The van der Waals surface area contributed by atoms with Gasteiger partial charge in [-0.2, -0.15) is 5.10 Å². The molecule has 7 nitrogen and oxygen atoms in total. The van der Waals surface area contributed by atoms with Crippen LogP contribution in [0.4, 0.5) is 4.39 Å². The molecule has 1 saturated heterocycles. The van der Waals surface area contributed by atoms with E-state index in [1.807, 2.05) is 23.9 Å². The molecule has 0 atom stereocenters. The Morgan fingerprint density at radius 1 is 1.03 bits per heavy atom. The number of imidazole rings is 1. The molecule has 0 N–H and O–H groups in total. The van der Waals surface area contributed by atoms with Crippen molar-refractivity contribution in [2.75, 3.05) is 19.7 Å². The summed E-state index contributed by atoms with van der Waals surface area (Å²) in [6, 6.07) is 4.19. The van der Waals surface area contributed by atoms with Gasteiger partial charge in [0.15, 0.2) is 5.82 Å². The van der Waals surface area contributed by atoms with Gasteiger partial charge in [0.2, 0.25) is 0 Å². The molecule has 182 valence electrons. The number of ether oxygens (including phenoxy) is 1. The first-order valence-corrected chi connectivity index (χ1v) is 13.1. The smallest absolute Gasteiger partial charge is 0.178 e. The Morgan fingerprint density at radius 2 is 1.79 bits per heavy atom. The van der Waals surface area contributed by atoms with Crippen LogP contribution in [-0.4, -0.2) is 60.2 Å². The highest BCUT2D eigenvalue weighted by Gasteiger charge is 2.26. The lowest BCUT2D eigenvalue weighted by atomic mass is 10.1. The van der Waals surface area contributed by atoms with Crippen molar-refractivity contribution in [1.29, 1.82) is 0 Å². The zero-order valence-electron chi connectivity index (χ0n) is 20.6. The highest BCUT2D eigenvalue weighted by Crippen LogP contribution is 2.40. The lowest BCUT2D eigenvalue weighted by Crippen LogP contribution is -2.39. The number of hydrogen-bond acceptors (Lipinski definition) is 6. The van der Waals surface area contributed by atoms with Gasteiger partial charge < -0.3 is 14.2 Å². The molecule has 4 heterocycles. The molecular weight excluding hydrogens is 451 g/mol. The van der Waals surface area contributed by atoms with Crippen LogP contribution in [0.25, 0.3) is 22.9 Å². The molecule has 0 aliphatic carbocycles. The number of nitrogens with zero attached hydrogens (tertiary/aromatic N) is 6. The maximum absolute atomic E-state index is 15.1. The fourth-order valence-electron chi connectivity index (χ4n) is 4.74. The normalized spacial score (nSPS) is 17.1. The van der Waals surface area contributed by atoms with Gasteiger partial charge >= 0.3 is 0 Å². The quantitative estimate of drug-likeness (QED) is 0.496. The van der Waals surface area contributed by atoms with Crippen molar-refractivity contribution in [2.45, 2.75) is 76.2 Å². The molecule has 0 saturated carbocycles. The minimum absolute atomic E-state index is 0.174. The van der Waals surface area contributed by atoms with Crippen molar-refractivity contribution >= 4 is 11.8 Å². The van der Waals surface area contributed by atoms with Gasteiger partial charge in [0.05, 0.1) is 12.1 Å². The molecule has 5 rings (SSSR count). The molecule has 2 aromatic heterocycles.